The van der Waals surface area contributed by atoms with E-state index in [1.54, 1.807) is 36.1 Å². The summed E-state index contributed by atoms with van der Waals surface area (Å²) in [5.74, 6) is -1.46. The Hall–Kier alpha value is -4.13. The minimum absolute atomic E-state index is 0.106. The maximum absolute atomic E-state index is 13.9. The number of hydrogen-bond donors (Lipinski definition) is 1. The summed E-state index contributed by atoms with van der Waals surface area (Å²) in [5.41, 5.74) is 3.18. The molecule has 3 aromatic carbocycles. The summed E-state index contributed by atoms with van der Waals surface area (Å²) in [6.07, 6.45) is 0. The number of carbonyl (C=O) groups is 2. The number of carbonyl (C=O) groups excluding carboxylic acids is 2. The molecule has 1 N–H and O–H groups in total. The molecule has 1 aliphatic heterocycles. The molecule has 0 aliphatic carbocycles. The van der Waals surface area contributed by atoms with E-state index in [2.05, 4.69) is 0 Å². The minimum atomic E-state index is -1.09. The Bertz CT molecular complexity index is 1310. The molecule has 166 valence electrons. The van der Waals surface area contributed by atoms with Crippen LogP contribution in [0, 0.1) is 5.92 Å². The molecular formula is C26H23N3O4. The lowest BCUT2D eigenvalue weighted by molar-refractivity contribution is -0.153. The van der Waals surface area contributed by atoms with Crippen molar-refractivity contribution in [1.82, 2.24) is 9.55 Å². The number of para-hydroxylation sites is 2. The highest BCUT2D eigenvalue weighted by atomic mass is 16.5. The predicted octanol–water partition coefficient (Wildman–Crippen LogP) is 4.06. The first-order valence-corrected chi connectivity index (χ1v) is 10.9. The van der Waals surface area contributed by atoms with Crippen molar-refractivity contribution in [2.75, 3.05) is 11.5 Å². The lowest BCUT2D eigenvalue weighted by Gasteiger charge is -2.38. The number of anilines is 1. The zero-order valence-electron chi connectivity index (χ0n) is 18.1. The predicted molar refractivity (Wildman–Crippen MR) is 124 cm³/mol. The molecule has 0 bridgehead atoms. The third kappa shape index (κ3) is 3.61. The van der Waals surface area contributed by atoms with Crippen molar-refractivity contribution in [2.24, 2.45) is 5.92 Å². The van der Waals surface area contributed by atoms with Crippen LogP contribution in [0.5, 0.6) is 5.75 Å². The van der Waals surface area contributed by atoms with Crippen LogP contribution in [0.1, 0.15) is 24.1 Å². The van der Waals surface area contributed by atoms with Gasteiger partial charge in [0.15, 0.2) is 5.92 Å². The van der Waals surface area contributed by atoms with E-state index in [0.717, 1.165) is 16.6 Å². The van der Waals surface area contributed by atoms with Crippen molar-refractivity contribution >= 4 is 28.9 Å². The third-order valence-corrected chi connectivity index (χ3v) is 5.90. The van der Waals surface area contributed by atoms with Crippen molar-refractivity contribution in [3.05, 3.63) is 90.0 Å². The van der Waals surface area contributed by atoms with E-state index < -0.39 is 17.9 Å². The summed E-state index contributed by atoms with van der Waals surface area (Å²) in [6.45, 7) is 2.17. The van der Waals surface area contributed by atoms with Gasteiger partial charge in [-0.15, -0.1) is 0 Å². The second kappa shape index (κ2) is 8.43. The molecule has 4 aromatic rings. The van der Waals surface area contributed by atoms with E-state index >= 15 is 0 Å². The zero-order valence-corrected chi connectivity index (χ0v) is 18.1. The van der Waals surface area contributed by atoms with Crippen molar-refractivity contribution in [3.8, 4) is 5.75 Å². The van der Waals surface area contributed by atoms with E-state index in [0.29, 0.717) is 11.5 Å². The largest absolute Gasteiger partial charge is 0.508 e. The number of hydrogen-bond acceptors (Lipinski definition) is 5. The summed E-state index contributed by atoms with van der Waals surface area (Å²) in [4.78, 5) is 33.4. The van der Waals surface area contributed by atoms with Crippen LogP contribution < -0.4 is 4.90 Å². The number of amides is 1. The Morgan fingerprint density at radius 1 is 1.00 bits per heavy atom. The monoisotopic (exact) mass is 441 g/mol. The molecule has 7 heteroatoms. The molecule has 0 spiro atoms. The third-order valence-electron chi connectivity index (χ3n) is 5.90. The van der Waals surface area contributed by atoms with Gasteiger partial charge in [0.1, 0.15) is 5.75 Å². The number of ether oxygens (including phenoxy) is 1. The fourth-order valence-electron chi connectivity index (χ4n) is 4.44. The molecule has 1 aromatic heterocycles. The smallest absolute Gasteiger partial charge is 0.321 e. The number of benzene rings is 3. The lowest BCUT2D eigenvalue weighted by Crippen LogP contribution is -2.49. The van der Waals surface area contributed by atoms with Crippen molar-refractivity contribution < 1.29 is 19.4 Å². The number of nitrogens with zero attached hydrogens (tertiary/aromatic N) is 3. The minimum Gasteiger partial charge on any atom is -0.508 e. The molecule has 0 saturated carbocycles. The molecule has 33 heavy (non-hydrogen) atoms. The first kappa shape index (κ1) is 20.8. The van der Waals surface area contributed by atoms with E-state index in [4.69, 9.17) is 9.72 Å². The standard InChI is InChI=1S/C26H23N3O4/c1-2-33-25(32)22-23(18-12-14-19(30)15-13-18)29-21-11-7-6-10-20(21)27-26(29)28(24(22)31)16-17-8-4-3-5-9-17/h3-15,22-23,30H,2,16H2,1H3/t22-,23-/m0/s1. The molecule has 1 aliphatic rings. The van der Waals surface area contributed by atoms with Crippen LogP contribution in [0.15, 0.2) is 78.9 Å². The summed E-state index contributed by atoms with van der Waals surface area (Å²) in [5, 5.41) is 9.81. The summed E-state index contributed by atoms with van der Waals surface area (Å²) >= 11 is 0. The van der Waals surface area contributed by atoms with Gasteiger partial charge in [-0.2, -0.15) is 0 Å². The Labute approximate surface area is 190 Å². The van der Waals surface area contributed by atoms with E-state index in [1.165, 1.54) is 0 Å². The Morgan fingerprint density at radius 3 is 2.42 bits per heavy atom. The van der Waals surface area contributed by atoms with Gasteiger partial charge in [-0.1, -0.05) is 54.6 Å². The van der Waals surface area contributed by atoms with Gasteiger partial charge in [-0.25, -0.2) is 4.98 Å². The number of phenolic OH excluding ortho intramolecular Hbond substituents is 1. The highest BCUT2D eigenvalue weighted by molar-refractivity contribution is 6.08. The van der Waals surface area contributed by atoms with Crippen molar-refractivity contribution in [2.45, 2.75) is 19.5 Å². The fraction of sp³-hybridized carbons (Fsp3) is 0.192. The van der Waals surface area contributed by atoms with Crippen LogP contribution >= 0.6 is 0 Å². The number of esters is 1. The Balaban J connectivity index is 1.75. The highest BCUT2D eigenvalue weighted by Gasteiger charge is 2.47. The molecular weight excluding hydrogens is 418 g/mol. The molecule has 0 radical (unpaired) electrons. The van der Waals surface area contributed by atoms with E-state index in [-0.39, 0.29) is 24.8 Å². The molecule has 7 nitrogen and oxygen atoms in total. The van der Waals surface area contributed by atoms with Gasteiger partial charge in [0.05, 0.1) is 30.2 Å². The summed E-state index contributed by atoms with van der Waals surface area (Å²) in [7, 11) is 0. The highest BCUT2D eigenvalue weighted by Crippen LogP contribution is 2.42. The average molecular weight is 441 g/mol. The first-order valence-electron chi connectivity index (χ1n) is 10.9. The van der Waals surface area contributed by atoms with Gasteiger partial charge in [0.25, 0.3) is 0 Å². The van der Waals surface area contributed by atoms with Crippen LogP contribution in [0.3, 0.4) is 0 Å². The quantitative estimate of drug-likeness (QED) is 0.373. The van der Waals surface area contributed by atoms with E-state index in [1.807, 2.05) is 59.2 Å². The number of imidazole rings is 1. The second-order valence-corrected chi connectivity index (χ2v) is 7.95. The maximum atomic E-state index is 13.9. The Morgan fingerprint density at radius 2 is 1.70 bits per heavy atom. The van der Waals surface area contributed by atoms with Gasteiger partial charge in [-0.3, -0.25) is 14.5 Å². The molecule has 0 fully saturated rings. The first-order chi connectivity index (χ1) is 16.1. The fourth-order valence-corrected chi connectivity index (χ4v) is 4.44. The van der Waals surface area contributed by atoms with E-state index in [9.17, 15) is 14.7 Å². The van der Waals surface area contributed by atoms with Gasteiger partial charge in [0, 0.05) is 0 Å². The molecule has 2 atom stereocenters. The molecule has 0 saturated heterocycles. The topological polar surface area (TPSA) is 84.7 Å². The number of fused-ring (bicyclic) bond motifs is 3. The van der Waals surface area contributed by atoms with Crippen LogP contribution in [0.4, 0.5) is 5.95 Å². The normalized spacial score (nSPS) is 17.7. The SMILES string of the molecule is CCOC(=O)[C@@H]1C(=O)N(Cc2ccccc2)c2nc3ccccc3n2[C@H]1c1ccc(O)cc1. The van der Waals surface area contributed by atoms with Gasteiger partial charge < -0.3 is 14.4 Å². The number of phenols is 1. The second-order valence-electron chi connectivity index (χ2n) is 7.95. The van der Waals surface area contributed by atoms with Gasteiger partial charge >= 0.3 is 5.97 Å². The molecule has 0 unspecified atom stereocenters. The van der Waals surface area contributed by atoms with Crippen molar-refractivity contribution in [3.63, 3.8) is 0 Å². The summed E-state index contributed by atoms with van der Waals surface area (Å²) < 4.78 is 7.30. The molecule has 2 heterocycles. The number of aromatic nitrogens is 2. The summed E-state index contributed by atoms with van der Waals surface area (Å²) in [6, 6.07) is 23.1. The van der Waals surface area contributed by atoms with Gasteiger partial charge in [0.2, 0.25) is 11.9 Å². The number of aromatic hydroxyl groups is 1. The maximum Gasteiger partial charge on any atom is 0.321 e. The van der Waals surface area contributed by atoms with Crippen LogP contribution in [0.2, 0.25) is 0 Å². The lowest BCUT2D eigenvalue weighted by atomic mass is 9.89. The Kier molecular flexibility index (Phi) is 5.30. The van der Waals surface area contributed by atoms with Crippen molar-refractivity contribution in [1.29, 1.82) is 0 Å². The van der Waals surface area contributed by atoms with Crippen LogP contribution in [-0.2, 0) is 20.9 Å². The molecule has 1 amide bonds. The number of rotatable bonds is 5. The average Bonchev–Trinajstić information content (AvgIpc) is 3.21. The van der Waals surface area contributed by atoms with Gasteiger partial charge in [-0.05, 0) is 42.3 Å². The molecule has 5 rings (SSSR count). The van der Waals surface area contributed by atoms with Crippen LogP contribution in [0.25, 0.3) is 11.0 Å². The zero-order chi connectivity index (χ0) is 22.9. The van der Waals surface area contributed by atoms with Crippen LogP contribution in [-0.4, -0.2) is 33.1 Å².